The van der Waals surface area contributed by atoms with Crippen molar-refractivity contribution in [3.8, 4) is 0 Å². The van der Waals surface area contributed by atoms with E-state index >= 15 is 0 Å². The van der Waals surface area contributed by atoms with E-state index in [-0.39, 0.29) is 6.10 Å². The van der Waals surface area contributed by atoms with E-state index in [4.69, 9.17) is 9.47 Å². The third kappa shape index (κ3) is 4.82. The van der Waals surface area contributed by atoms with Crippen molar-refractivity contribution in [3.63, 3.8) is 0 Å². The Morgan fingerprint density at radius 2 is 2.52 bits per heavy atom. The molecule has 2 atom stereocenters. The molecule has 0 spiro atoms. The van der Waals surface area contributed by atoms with Crippen LogP contribution in [0.4, 0.5) is 0 Å². The van der Waals surface area contributed by atoms with Gasteiger partial charge in [0.25, 0.3) is 0 Å². The number of aryl methyl sites for hydroxylation is 1. The Bertz CT molecular complexity index is 589. The van der Waals surface area contributed by atoms with Crippen LogP contribution in [-0.4, -0.2) is 64.1 Å². The van der Waals surface area contributed by atoms with Crippen molar-refractivity contribution < 1.29 is 14.6 Å². The summed E-state index contributed by atoms with van der Waals surface area (Å²) < 4.78 is 11.3. The fourth-order valence-electron chi connectivity index (χ4n) is 2.57. The Kier molecular flexibility index (Phi) is 5.74. The Balaban J connectivity index is 1.41. The van der Waals surface area contributed by atoms with Crippen LogP contribution < -0.4 is 0 Å². The van der Waals surface area contributed by atoms with E-state index in [1.807, 2.05) is 24.4 Å². The van der Waals surface area contributed by atoms with Gasteiger partial charge in [-0.05, 0) is 18.4 Å². The first kappa shape index (κ1) is 16.5. The minimum absolute atomic E-state index is 0.145. The molecule has 0 saturated carbocycles. The molecule has 0 unspecified atom stereocenters. The molecule has 3 rings (SSSR count). The zero-order valence-corrected chi connectivity index (χ0v) is 14.0. The van der Waals surface area contributed by atoms with Crippen molar-refractivity contribution >= 4 is 11.3 Å². The van der Waals surface area contributed by atoms with Crippen molar-refractivity contribution in [2.45, 2.75) is 25.7 Å². The van der Waals surface area contributed by atoms with Gasteiger partial charge in [0.2, 0.25) is 0 Å². The van der Waals surface area contributed by atoms with Gasteiger partial charge in [-0.25, -0.2) is 4.98 Å². The van der Waals surface area contributed by atoms with E-state index in [1.165, 1.54) is 4.88 Å². The topological polar surface area (TPSA) is 83.5 Å². The van der Waals surface area contributed by atoms with Crippen LogP contribution in [0.3, 0.4) is 0 Å². The van der Waals surface area contributed by atoms with Crippen LogP contribution in [0.25, 0.3) is 0 Å². The maximum absolute atomic E-state index is 10.1. The lowest BCUT2D eigenvalue weighted by Gasteiger charge is -2.32. The number of morpholine rings is 1. The number of aliphatic hydroxyl groups is 1. The number of hydrogen-bond donors (Lipinski definition) is 2. The number of aromatic nitrogens is 3. The van der Waals surface area contributed by atoms with Crippen molar-refractivity contribution in [2.75, 3.05) is 32.8 Å². The summed E-state index contributed by atoms with van der Waals surface area (Å²) in [5.41, 5.74) is 0. The van der Waals surface area contributed by atoms with Crippen molar-refractivity contribution in [2.24, 2.45) is 0 Å². The lowest BCUT2D eigenvalue weighted by molar-refractivity contribution is -0.0564. The number of aliphatic hydroxyl groups excluding tert-OH is 1. The number of rotatable bonds is 7. The normalized spacial score (nSPS) is 20.7. The van der Waals surface area contributed by atoms with Gasteiger partial charge in [-0.1, -0.05) is 6.07 Å². The van der Waals surface area contributed by atoms with Crippen LogP contribution in [-0.2, 0) is 16.1 Å². The summed E-state index contributed by atoms with van der Waals surface area (Å²) in [6.45, 7) is 5.40. The standard InChI is InChI=1S/C15H22N4O3S/c1-11-16-15(18-17-11)14-8-19(4-5-22-14)7-12(20)9-21-10-13-3-2-6-23-13/h2-3,6,12,14,20H,4-5,7-10H2,1H3,(H,16,17,18)/t12-,14+/m0/s1. The number of thiophene rings is 1. The van der Waals surface area contributed by atoms with Gasteiger partial charge < -0.3 is 14.6 Å². The second-order valence-electron chi connectivity index (χ2n) is 5.65. The zero-order valence-electron chi connectivity index (χ0n) is 13.1. The lowest BCUT2D eigenvalue weighted by Crippen LogP contribution is -2.43. The molecule has 2 aromatic heterocycles. The highest BCUT2D eigenvalue weighted by Gasteiger charge is 2.26. The summed E-state index contributed by atoms with van der Waals surface area (Å²) in [5.74, 6) is 1.46. The predicted molar refractivity (Wildman–Crippen MR) is 86.2 cm³/mol. The SMILES string of the molecule is Cc1nc([C@H]2CN(C[C@H](O)COCc3cccs3)CCO2)n[nH]1. The van der Waals surface area contributed by atoms with Crippen LogP contribution in [0.5, 0.6) is 0 Å². The monoisotopic (exact) mass is 338 g/mol. The minimum atomic E-state index is -0.511. The van der Waals surface area contributed by atoms with Crippen molar-refractivity contribution in [1.29, 1.82) is 0 Å². The highest BCUT2D eigenvalue weighted by Crippen LogP contribution is 2.19. The van der Waals surface area contributed by atoms with E-state index in [9.17, 15) is 5.11 Å². The third-order valence-corrected chi connectivity index (χ3v) is 4.51. The van der Waals surface area contributed by atoms with Crippen LogP contribution in [0.15, 0.2) is 17.5 Å². The smallest absolute Gasteiger partial charge is 0.180 e. The summed E-state index contributed by atoms with van der Waals surface area (Å²) in [6, 6.07) is 4.03. The molecular weight excluding hydrogens is 316 g/mol. The maximum Gasteiger partial charge on any atom is 0.180 e. The van der Waals surface area contributed by atoms with E-state index in [1.54, 1.807) is 11.3 Å². The van der Waals surface area contributed by atoms with Crippen LogP contribution in [0.2, 0.25) is 0 Å². The molecule has 8 heteroatoms. The maximum atomic E-state index is 10.1. The van der Waals surface area contributed by atoms with Crippen LogP contribution in [0, 0.1) is 6.92 Å². The number of H-pyrrole nitrogens is 1. The number of nitrogens with one attached hydrogen (secondary N) is 1. The molecule has 1 aliphatic rings. The average Bonchev–Trinajstić information content (AvgIpc) is 3.19. The first-order valence-electron chi connectivity index (χ1n) is 7.72. The number of nitrogens with zero attached hydrogens (tertiary/aromatic N) is 3. The second-order valence-corrected chi connectivity index (χ2v) is 6.68. The van der Waals surface area contributed by atoms with Gasteiger partial charge in [-0.15, -0.1) is 11.3 Å². The molecular formula is C15H22N4O3S. The molecule has 7 nitrogen and oxygen atoms in total. The molecule has 0 amide bonds. The molecule has 0 aliphatic carbocycles. The predicted octanol–water partition coefficient (Wildman–Crippen LogP) is 1.13. The Labute approximate surface area is 139 Å². The first-order valence-corrected chi connectivity index (χ1v) is 8.59. The van der Waals surface area contributed by atoms with Gasteiger partial charge in [0.15, 0.2) is 5.82 Å². The van der Waals surface area contributed by atoms with E-state index in [0.29, 0.717) is 38.7 Å². The zero-order chi connectivity index (χ0) is 16.1. The molecule has 23 heavy (non-hydrogen) atoms. The van der Waals surface area contributed by atoms with Crippen LogP contribution >= 0.6 is 11.3 Å². The number of ether oxygens (including phenoxy) is 2. The van der Waals surface area contributed by atoms with E-state index in [0.717, 1.165) is 12.4 Å². The molecule has 0 aromatic carbocycles. The molecule has 1 fully saturated rings. The van der Waals surface area contributed by atoms with Gasteiger partial charge in [0.05, 0.1) is 25.9 Å². The van der Waals surface area contributed by atoms with E-state index in [2.05, 4.69) is 20.1 Å². The summed E-state index contributed by atoms with van der Waals surface area (Å²) in [5, 5.41) is 19.2. The molecule has 0 bridgehead atoms. The highest BCUT2D eigenvalue weighted by atomic mass is 32.1. The fourth-order valence-corrected chi connectivity index (χ4v) is 3.21. The molecule has 2 N–H and O–H groups in total. The highest BCUT2D eigenvalue weighted by molar-refractivity contribution is 7.09. The van der Waals surface area contributed by atoms with Gasteiger partial charge >= 0.3 is 0 Å². The van der Waals surface area contributed by atoms with E-state index < -0.39 is 6.10 Å². The summed E-state index contributed by atoms with van der Waals surface area (Å²) in [4.78, 5) is 7.66. The van der Waals surface area contributed by atoms with Crippen molar-refractivity contribution in [1.82, 2.24) is 20.1 Å². The summed E-state index contributed by atoms with van der Waals surface area (Å²) >= 11 is 1.66. The Hall–Kier alpha value is -1.32. The van der Waals surface area contributed by atoms with Gasteiger partial charge in [0, 0.05) is 24.5 Å². The number of hydrogen-bond acceptors (Lipinski definition) is 7. The second kappa shape index (κ2) is 7.98. The quantitative estimate of drug-likeness (QED) is 0.787. The fraction of sp³-hybridized carbons (Fsp3) is 0.600. The van der Waals surface area contributed by atoms with Crippen LogP contribution in [0.1, 0.15) is 22.6 Å². The molecule has 1 aliphatic heterocycles. The van der Waals surface area contributed by atoms with Gasteiger partial charge in [-0.3, -0.25) is 10.00 Å². The Morgan fingerprint density at radius 3 is 3.26 bits per heavy atom. The molecule has 1 saturated heterocycles. The van der Waals surface area contributed by atoms with Gasteiger partial charge in [0.1, 0.15) is 11.9 Å². The molecule has 0 radical (unpaired) electrons. The molecule has 2 aromatic rings. The molecule has 126 valence electrons. The minimum Gasteiger partial charge on any atom is -0.389 e. The molecule has 3 heterocycles. The lowest BCUT2D eigenvalue weighted by atomic mass is 10.2. The number of β-amino-alcohol motifs (C(OH)–C–C–N with tert-alkyl or cyclic N) is 1. The van der Waals surface area contributed by atoms with Crippen molar-refractivity contribution in [3.05, 3.63) is 34.0 Å². The largest absolute Gasteiger partial charge is 0.389 e. The van der Waals surface area contributed by atoms with Gasteiger partial charge in [-0.2, -0.15) is 5.10 Å². The summed E-state index contributed by atoms with van der Waals surface area (Å²) in [6.07, 6.45) is -0.657. The third-order valence-electron chi connectivity index (χ3n) is 3.66. The first-order chi connectivity index (χ1) is 11.2. The number of aromatic amines is 1. The average molecular weight is 338 g/mol. The summed E-state index contributed by atoms with van der Waals surface area (Å²) in [7, 11) is 0. The Morgan fingerprint density at radius 1 is 1.61 bits per heavy atom.